The minimum atomic E-state index is -2.04. The Balaban J connectivity index is 4.40. The van der Waals surface area contributed by atoms with Gasteiger partial charge in [-0.2, -0.15) is 0 Å². The highest BCUT2D eigenvalue weighted by molar-refractivity contribution is 7.11. The van der Waals surface area contributed by atoms with Crippen LogP contribution in [0.3, 0.4) is 0 Å². The Kier molecular flexibility index (Phi) is 3.44. The largest absolute Gasteiger partial charge is 0.455 e. The molecule has 0 unspecified atom stereocenters. The van der Waals surface area contributed by atoms with Crippen LogP contribution in [0, 0.1) is 0 Å². The Morgan fingerprint density at radius 2 is 1.46 bits per heavy atom. The van der Waals surface area contributed by atoms with Gasteiger partial charge in [0, 0.05) is 0 Å². The summed E-state index contributed by atoms with van der Waals surface area (Å²) in [4.78, 5) is 22.7. The highest BCUT2D eigenvalue weighted by Gasteiger charge is 2.33. The van der Waals surface area contributed by atoms with Gasteiger partial charge in [0.1, 0.15) is 13.7 Å². The van der Waals surface area contributed by atoms with Crippen molar-refractivity contribution >= 4 is 19.4 Å². The molecular formula is C9H18O3Si. The van der Waals surface area contributed by atoms with Crippen LogP contribution in [0.2, 0.25) is 19.6 Å². The number of hydrogen-bond donors (Lipinski definition) is 0. The van der Waals surface area contributed by atoms with Gasteiger partial charge in [0.05, 0.1) is 0 Å². The summed E-state index contributed by atoms with van der Waals surface area (Å²) in [5.41, 5.74) is -0.577. The highest BCUT2D eigenvalue weighted by Crippen LogP contribution is 2.10. The van der Waals surface area contributed by atoms with Gasteiger partial charge in [0.15, 0.2) is 0 Å². The lowest BCUT2D eigenvalue weighted by Gasteiger charge is -2.21. The Labute approximate surface area is 80.5 Å². The SMILES string of the molecule is CC(C)(C)OC(=O)C(=O)[Si](C)(C)C. The van der Waals surface area contributed by atoms with E-state index in [0.717, 1.165) is 0 Å². The molecule has 0 rings (SSSR count). The summed E-state index contributed by atoms with van der Waals surface area (Å²) in [5, 5.41) is -0.345. The van der Waals surface area contributed by atoms with Gasteiger partial charge in [-0.1, -0.05) is 19.6 Å². The molecule has 0 aromatic carbocycles. The smallest absolute Gasteiger partial charge is 0.369 e. The molecule has 0 heterocycles. The van der Waals surface area contributed by atoms with Crippen molar-refractivity contribution in [2.24, 2.45) is 0 Å². The summed E-state index contributed by atoms with van der Waals surface area (Å²) in [6.07, 6.45) is 0. The van der Waals surface area contributed by atoms with Crippen LogP contribution < -0.4 is 0 Å². The lowest BCUT2D eigenvalue weighted by Crippen LogP contribution is -2.42. The van der Waals surface area contributed by atoms with Crippen molar-refractivity contribution in [3.8, 4) is 0 Å². The maximum Gasteiger partial charge on any atom is 0.369 e. The van der Waals surface area contributed by atoms with Crippen molar-refractivity contribution in [3.05, 3.63) is 0 Å². The fourth-order valence-electron chi connectivity index (χ4n) is 0.631. The van der Waals surface area contributed by atoms with E-state index in [9.17, 15) is 9.59 Å². The van der Waals surface area contributed by atoms with Crippen LogP contribution in [0.5, 0.6) is 0 Å². The van der Waals surface area contributed by atoms with Gasteiger partial charge in [0.25, 0.3) is 0 Å². The highest BCUT2D eigenvalue weighted by atomic mass is 28.3. The van der Waals surface area contributed by atoms with E-state index >= 15 is 0 Å². The Morgan fingerprint density at radius 1 is 1.08 bits per heavy atom. The summed E-state index contributed by atoms with van der Waals surface area (Å²) in [6.45, 7) is 10.8. The van der Waals surface area contributed by atoms with Crippen molar-refractivity contribution in [2.75, 3.05) is 0 Å². The molecule has 3 nitrogen and oxygen atoms in total. The minimum Gasteiger partial charge on any atom is -0.455 e. The first kappa shape index (κ1) is 12.4. The van der Waals surface area contributed by atoms with Crippen LogP contribution in [0.15, 0.2) is 0 Å². The van der Waals surface area contributed by atoms with Gasteiger partial charge in [-0.05, 0) is 20.8 Å². The lowest BCUT2D eigenvalue weighted by molar-refractivity contribution is -0.159. The summed E-state index contributed by atoms with van der Waals surface area (Å²) in [6, 6.07) is 0. The third kappa shape index (κ3) is 4.82. The Morgan fingerprint density at radius 3 is 1.69 bits per heavy atom. The molecule has 0 radical (unpaired) electrons. The van der Waals surface area contributed by atoms with Gasteiger partial charge in [-0.15, -0.1) is 0 Å². The third-order valence-corrected chi connectivity index (χ3v) is 2.83. The van der Waals surface area contributed by atoms with Crippen LogP contribution in [-0.2, 0) is 14.3 Å². The quantitative estimate of drug-likeness (QED) is 0.389. The van der Waals surface area contributed by atoms with Gasteiger partial charge in [-0.3, -0.25) is 4.79 Å². The van der Waals surface area contributed by atoms with Gasteiger partial charge in [-0.25, -0.2) is 4.79 Å². The third-order valence-electron chi connectivity index (χ3n) is 1.27. The second-order valence-electron chi connectivity index (χ2n) is 5.08. The first-order valence-corrected chi connectivity index (χ1v) is 7.82. The number of carbonyl (C=O) groups excluding carboxylic acids is 2. The number of rotatable bonds is 2. The molecule has 13 heavy (non-hydrogen) atoms. The number of esters is 1. The minimum absolute atomic E-state index is 0.345. The molecule has 4 heteroatoms. The van der Waals surface area contributed by atoms with Crippen LogP contribution in [0.25, 0.3) is 0 Å². The van der Waals surface area contributed by atoms with Crippen LogP contribution in [0.1, 0.15) is 20.8 Å². The van der Waals surface area contributed by atoms with Crippen molar-refractivity contribution in [3.63, 3.8) is 0 Å². The molecule has 0 atom stereocenters. The second kappa shape index (κ2) is 3.62. The first-order valence-electron chi connectivity index (χ1n) is 4.32. The zero-order valence-corrected chi connectivity index (χ0v) is 10.2. The molecule has 0 aliphatic carbocycles. The lowest BCUT2D eigenvalue weighted by atomic mass is 10.2. The Hall–Kier alpha value is -0.643. The maximum atomic E-state index is 11.4. The summed E-state index contributed by atoms with van der Waals surface area (Å²) in [7, 11) is -2.04. The second-order valence-corrected chi connectivity index (χ2v) is 10.0. The van der Waals surface area contributed by atoms with Crippen molar-refractivity contribution in [1.82, 2.24) is 0 Å². The molecule has 0 aliphatic rings. The van der Waals surface area contributed by atoms with Crippen LogP contribution in [-0.4, -0.2) is 25.1 Å². The predicted octanol–water partition coefficient (Wildman–Crippen LogP) is 1.77. The van der Waals surface area contributed by atoms with E-state index in [0.29, 0.717) is 0 Å². The molecule has 0 aliphatic heterocycles. The van der Waals surface area contributed by atoms with E-state index in [1.807, 2.05) is 19.6 Å². The maximum absolute atomic E-state index is 11.4. The van der Waals surface area contributed by atoms with E-state index in [2.05, 4.69) is 0 Å². The van der Waals surface area contributed by atoms with E-state index in [1.165, 1.54) is 0 Å². The predicted molar refractivity (Wildman–Crippen MR) is 54.2 cm³/mol. The molecule has 0 saturated heterocycles. The van der Waals surface area contributed by atoms with Crippen LogP contribution in [0.4, 0.5) is 0 Å². The van der Waals surface area contributed by atoms with E-state index in [1.54, 1.807) is 20.8 Å². The average molecular weight is 202 g/mol. The van der Waals surface area contributed by atoms with Crippen LogP contribution >= 0.6 is 0 Å². The van der Waals surface area contributed by atoms with E-state index in [-0.39, 0.29) is 5.41 Å². The average Bonchev–Trinajstić information content (AvgIpc) is 1.79. The fourth-order valence-corrected chi connectivity index (χ4v) is 1.29. The summed E-state index contributed by atoms with van der Waals surface area (Å²) >= 11 is 0. The molecular weight excluding hydrogens is 184 g/mol. The number of carbonyl (C=O) groups is 2. The zero-order chi connectivity index (χ0) is 10.9. The van der Waals surface area contributed by atoms with E-state index in [4.69, 9.17) is 4.74 Å². The summed E-state index contributed by atoms with van der Waals surface area (Å²) in [5.74, 6) is -0.688. The van der Waals surface area contributed by atoms with Crippen molar-refractivity contribution in [1.29, 1.82) is 0 Å². The van der Waals surface area contributed by atoms with Gasteiger partial charge >= 0.3 is 5.97 Å². The molecule has 0 spiro atoms. The fraction of sp³-hybridized carbons (Fsp3) is 0.778. The molecule has 0 aromatic heterocycles. The standard InChI is InChI=1S/C9H18O3Si/c1-9(2,3)12-7(10)8(11)13(4,5)6/h1-6H3. The molecule has 0 amide bonds. The number of hydrogen-bond acceptors (Lipinski definition) is 3. The van der Waals surface area contributed by atoms with Crippen molar-refractivity contribution < 1.29 is 14.3 Å². The molecule has 0 fully saturated rings. The molecule has 0 bridgehead atoms. The molecule has 0 saturated carbocycles. The van der Waals surface area contributed by atoms with Gasteiger partial charge in [0.2, 0.25) is 5.41 Å². The molecule has 0 aromatic rings. The Bertz CT molecular complexity index is 220. The molecule has 0 N–H and O–H groups in total. The van der Waals surface area contributed by atoms with Gasteiger partial charge < -0.3 is 4.74 Å². The summed E-state index contributed by atoms with van der Waals surface area (Å²) < 4.78 is 4.97. The molecule has 76 valence electrons. The normalized spacial score (nSPS) is 12.5. The monoisotopic (exact) mass is 202 g/mol. The zero-order valence-electron chi connectivity index (χ0n) is 9.22. The number of ether oxygens (including phenoxy) is 1. The van der Waals surface area contributed by atoms with E-state index < -0.39 is 19.6 Å². The van der Waals surface area contributed by atoms with Crippen molar-refractivity contribution in [2.45, 2.75) is 46.0 Å². The topological polar surface area (TPSA) is 43.4 Å². The first-order chi connectivity index (χ1) is 5.54.